The van der Waals surface area contributed by atoms with Crippen LogP contribution < -0.4 is 10.2 Å². The summed E-state index contributed by atoms with van der Waals surface area (Å²) < 4.78 is 6.70. The van der Waals surface area contributed by atoms with Crippen molar-refractivity contribution in [2.45, 2.75) is 33.1 Å². The summed E-state index contributed by atoms with van der Waals surface area (Å²) in [6.07, 6.45) is 1.91. The number of aromatic nitrogens is 1. The van der Waals surface area contributed by atoms with Crippen LogP contribution in [0.3, 0.4) is 0 Å². The number of aliphatic carboxylic acids is 1. The molecule has 0 aliphatic rings. The van der Waals surface area contributed by atoms with Gasteiger partial charge in [0.05, 0.1) is 24.3 Å². The van der Waals surface area contributed by atoms with Crippen molar-refractivity contribution in [1.29, 1.82) is 0 Å². The van der Waals surface area contributed by atoms with Gasteiger partial charge in [-0.15, -0.1) is 0 Å². The van der Waals surface area contributed by atoms with Gasteiger partial charge in [0.2, 0.25) is 5.91 Å². The highest BCUT2D eigenvalue weighted by atomic mass is 32.1. The molecule has 1 aromatic heterocycles. The normalized spacial score (nSPS) is 11.1. The van der Waals surface area contributed by atoms with Gasteiger partial charge in [0.25, 0.3) is 0 Å². The third-order valence-electron chi connectivity index (χ3n) is 7.69. The standard InChI is InChI=1S/C32H42N4O4S.C2H4O3/c1-3-35(4-2)20-21-36(19-18-33-17-14-26-12-13-28(37)30-31(26)41-32(39)34-30)29(38)16-23-40-22-15-25-10-7-9-24-8-5-6-11-27(24)25;3-1-2(4)5/h5-13,33,37H,3-4,14-23H2,1-2H3,(H,34,39);3H,1H2,(H,4,5). The average Bonchev–Trinajstić information content (AvgIpc) is 3.47. The number of amides is 1. The zero-order chi connectivity index (χ0) is 33.3. The third kappa shape index (κ3) is 11.5. The van der Waals surface area contributed by atoms with Gasteiger partial charge in [-0.3, -0.25) is 9.59 Å². The van der Waals surface area contributed by atoms with E-state index in [1.165, 1.54) is 16.3 Å². The van der Waals surface area contributed by atoms with Crippen molar-refractivity contribution < 1.29 is 29.6 Å². The van der Waals surface area contributed by atoms with Gasteiger partial charge in [0.15, 0.2) is 0 Å². The van der Waals surface area contributed by atoms with Crippen molar-refractivity contribution in [3.05, 3.63) is 75.4 Å². The van der Waals surface area contributed by atoms with Gasteiger partial charge >= 0.3 is 10.8 Å². The largest absolute Gasteiger partial charge is 0.506 e. The van der Waals surface area contributed by atoms with E-state index in [0.29, 0.717) is 51.3 Å². The summed E-state index contributed by atoms with van der Waals surface area (Å²) in [6, 6.07) is 18.2. The molecule has 1 amide bonds. The number of phenols is 1. The molecule has 11 nitrogen and oxygen atoms in total. The molecule has 4 aromatic rings. The molecule has 0 radical (unpaired) electrons. The van der Waals surface area contributed by atoms with Crippen molar-refractivity contribution >= 4 is 44.2 Å². The highest BCUT2D eigenvalue weighted by molar-refractivity contribution is 7.16. The second-order valence-corrected chi connectivity index (χ2v) is 11.7. The van der Waals surface area contributed by atoms with Crippen LogP contribution in [0.2, 0.25) is 0 Å². The van der Waals surface area contributed by atoms with Crippen molar-refractivity contribution in [1.82, 2.24) is 20.1 Å². The molecule has 0 fully saturated rings. The van der Waals surface area contributed by atoms with Crippen LogP contribution >= 0.6 is 11.3 Å². The third-order valence-corrected chi connectivity index (χ3v) is 8.65. The van der Waals surface area contributed by atoms with Crippen LogP contribution in [0.15, 0.2) is 59.4 Å². The molecule has 0 aliphatic heterocycles. The molecule has 5 N–H and O–H groups in total. The van der Waals surface area contributed by atoms with Crippen LogP contribution in [0.4, 0.5) is 0 Å². The van der Waals surface area contributed by atoms with Crippen molar-refractivity contribution in [2.24, 2.45) is 0 Å². The number of aromatic hydroxyl groups is 1. The SMILES string of the molecule is CCN(CC)CCN(CCNCCc1ccc(O)c2[nH]c(=O)sc12)C(=O)CCOCCc1cccc2ccccc12.O=C(O)CO. The first-order chi connectivity index (χ1) is 22.3. The summed E-state index contributed by atoms with van der Waals surface area (Å²) in [5, 5.41) is 31.0. The summed E-state index contributed by atoms with van der Waals surface area (Å²) in [5.41, 5.74) is 2.79. The molecule has 3 aromatic carbocycles. The molecule has 0 aliphatic carbocycles. The molecule has 0 bridgehead atoms. The minimum absolute atomic E-state index is 0.0926. The first-order valence-electron chi connectivity index (χ1n) is 15.7. The molecule has 12 heteroatoms. The summed E-state index contributed by atoms with van der Waals surface area (Å²) >= 11 is 1.12. The maximum absolute atomic E-state index is 13.2. The molecular formula is C34H46N4O7S. The molecule has 1 heterocycles. The zero-order valence-corrected chi connectivity index (χ0v) is 27.5. The number of benzene rings is 3. The number of hydrogen-bond acceptors (Lipinski definition) is 9. The lowest BCUT2D eigenvalue weighted by molar-refractivity contribution is -0.140. The second kappa shape index (κ2) is 19.6. The molecule has 0 saturated carbocycles. The van der Waals surface area contributed by atoms with Crippen LogP contribution in [-0.2, 0) is 27.2 Å². The maximum Gasteiger partial charge on any atom is 0.329 e. The fourth-order valence-electron chi connectivity index (χ4n) is 5.11. The van der Waals surface area contributed by atoms with E-state index in [1.807, 2.05) is 11.0 Å². The lowest BCUT2D eigenvalue weighted by atomic mass is 10.0. The highest BCUT2D eigenvalue weighted by Gasteiger charge is 2.15. The number of likely N-dealkylation sites (N-methyl/N-ethyl adjacent to an activating group) is 1. The number of fused-ring (bicyclic) bond motifs is 2. The smallest absolute Gasteiger partial charge is 0.329 e. The molecule has 46 heavy (non-hydrogen) atoms. The predicted octanol–water partition coefficient (Wildman–Crippen LogP) is 3.46. The van der Waals surface area contributed by atoms with E-state index in [9.17, 15) is 14.7 Å². The van der Waals surface area contributed by atoms with Crippen molar-refractivity contribution in [3.63, 3.8) is 0 Å². The number of ether oxygens (including phenoxy) is 1. The second-order valence-electron chi connectivity index (χ2n) is 10.7. The average molecular weight is 655 g/mol. The number of aromatic amines is 1. The number of carbonyl (C=O) groups excluding carboxylic acids is 1. The number of hydrogen-bond donors (Lipinski definition) is 5. The summed E-state index contributed by atoms with van der Waals surface area (Å²) in [4.78, 5) is 40.8. The van der Waals surface area contributed by atoms with Crippen molar-refractivity contribution in [2.75, 3.05) is 65.6 Å². The number of thiazole rings is 1. The van der Waals surface area contributed by atoms with E-state index in [-0.39, 0.29) is 16.5 Å². The zero-order valence-electron chi connectivity index (χ0n) is 26.7. The summed E-state index contributed by atoms with van der Waals surface area (Å²) in [7, 11) is 0. The van der Waals surface area contributed by atoms with Gasteiger partial charge in [-0.1, -0.05) is 73.7 Å². The molecular weight excluding hydrogens is 608 g/mol. The van der Waals surface area contributed by atoms with Crippen LogP contribution in [-0.4, -0.2) is 108 Å². The Morgan fingerprint density at radius 3 is 2.39 bits per heavy atom. The van der Waals surface area contributed by atoms with Gasteiger partial charge in [-0.2, -0.15) is 0 Å². The molecule has 4 rings (SSSR count). The molecule has 0 unspecified atom stereocenters. The Bertz CT molecular complexity index is 1580. The minimum Gasteiger partial charge on any atom is -0.506 e. The van der Waals surface area contributed by atoms with Crippen LogP contribution in [0, 0.1) is 0 Å². The Labute approximate surface area is 273 Å². The molecule has 250 valence electrons. The predicted molar refractivity (Wildman–Crippen MR) is 183 cm³/mol. The highest BCUT2D eigenvalue weighted by Crippen LogP contribution is 2.27. The number of nitrogens with zero attached hydrogens (tertiary/aromatic N) is 2. The fourth-order valence-corrected chi connectivity index (χ4v) is 6.00. The Morgan fingerprint density at radius 1 is 0.913 bits per heavy atom. The van der Waals surface area contributed by atoms with E-state index in [4.69, 9.17) is 19.7 Å². The first kappa shape index (κ1) is 36.7. The van der Waals surface area contributed by atoms with E-state index >= 15 is 0 Å². The number of carboxylic acid groups (broad SMARTS) is 1. The minimum atomic E-state index is -1.19. The van der Waals surface area contributed by atoms with Crippen molar-refractivity contribution in [3.8, 4) is 5.75 Å². The Morgan fingerprint density at radius 2 is 1.65 bits per heavy atom. The Hall–Kier alpha value is -3.81. The van der Waals surface area contributed by atoms with Gasteiger partial charge in [-0.25, -0.2) is 4.79 Å². The maximum atomic E-state index is 13.2. The number of H-pyrrole nitrogens is 1. The lowest BCUT2D eigenvalue weighted by Crippen LogP contribution is -2.42. The van der Waals surface area contributed by atoms with Gasteiger partial charge in [0, 0.05) is 26.2 Å². The number of phenolic OH excluding ortho intramolecular Hbond substituents is 1. The quantitative estimate of drug-likeness (QED) is 0.101. The molecule has 0 atom stereocenters. The van der Waals surface area contributed by atoms with Crippen LogP contribution in [0.1, 0.15) is 31.4 Å². The van der Waals surface area contributed by atoms with E-state index in [1.54, 1.807) is 6.07 Å². The van der Waals surface area contributed by atoms with Crippen LogP contribution in [0.5, 0.6) is 5.75 Å². The monoisotopic (exact) mass is 654 g/mol. The van der Waals surface area contributed by atoms with Gasteiger partial charge in [-0.05, 0) is 60.4 Å². The van der Waals surface area contributed by atoms with E-state index in [2.05, 4.69) is 71.5 Å². The molecule has 0 spiro atoms. The first-order valence-corrected chi connectivity index (χ1v) is 16.5. The number of aliphatic hydroxyl groups is 1. The van der Waals surface area contributed by atoms with E-state index in [0.717, 1.165) is 54.1 Å². The Balaban J connectivity index is 0.00000107. The van der Waals surface area contributed by atoms with Gasteiger partial charge < -0.3 is 40.2 Å². The summed E-state index contributed by atoms with van der Waals surface area (Å²) in [5.74, 6) is -0.985. The van der Waals surface area contributed by atoms with Gasteiger partial charge in [0.1, 0.15) is 17.9 Å². The number of carbonyl (C=O) groups is 2. The van der Waals surface area contributed by atoms with Crippen LogP contribution in [0.25, 0.3) is 21.0 Å². The van der Waals surface area contributed by atoms with E-state index < -0.39 is 12.6 Å². The number of rotatable bonds is 18. The summed E-state index contributed by atoms with van der Waals surface area (Å²) in [6.45, 7) is 9.96. The fraction of sp³-hybridized carbons (Fsp3) is 0.441. The topological polar surface area (TPSA) is 155 Å². The number of carboxylic acids is 1. The molecule has 0 saturated heterocycles. The number of aliphatic hydroxyl groups excluding tert-OH is 1. The number of nitrogens with one attached hydrogen (secondary N) is 2. The lowest BCUT2D eigenvalue weighted by Gasteiger charge is -2.27. The Kier molecular flexibility index (Phi) is 15.7.